The van der Waals surface area contributed by atoms with Crippen LogP contribution in [0, 0.1) is 0 Å². The summed E-state index contributed by atoms with van der Waals surface area (Å²) in [7, 11) is 2.02. The Morgan fingerprint density at radius 3 is 2.90 bits per heavy atom. The fraction of sp³-hybridized carbons (Fsp3) is 0.562. The lowest BCUT2D eigenvalue weighted by molar-refractivity contribution is -0.137. The zero-order valence-electron chi connectivity index (χ0n) is 12.5. The van der Waals surface area contributed by atoms with Crippen LogP contribution in [0.4, 0.5) is 0 Å². The van der Waals surface area contributed by atoms with E-state index in [-0.39, 0.29) is 12.0 Å². The number of fused-ring (bicyclic) bond motifs is 1. The van der Waals surface area contributed by atoms with Crippen LogP contribution in [0.2, 0.25) is 0 Å². The number of rotatable bonds is 6. The summed E-state index contributed by atoms with van der Waals surface area (Å²) in [5.74, 6) is 0.284. The highest BCUT2D eigenvalue weighted by atomic mass is 16.5. The van der Waals surface area contributed by atoms with Crippen molar-refractivity contribution in [2.45, 2.75) is 45.3 Å². The Balaban J connectivity index is 1.98. The van der Waals surface area contributed by atoms with Gasteiger partial charge in [-0.15, -0.1) is 0 Å². The molecule has 0 aromatic heterocycles. The second-order valence-corrected chi connectivity index (χ2v) is 6.18. The molecule has 1 N–H and O–H groups in total. The minimum Gasteiger partial charge on any atom is -0.487 e. The number of aliphatic carboxylic acids is 1. The van der Waals surface area contributed by atoms with Crippen molar-refractivity contribution in [1.82, 2.24) is 4.90 Å². The summed E-state index contributed by atoms with van der Waals surface area (Å²) in [6.45, 7) is 5.78. The lowest BCUT2D eigenvalue weighted by atomic mass is 10.0. The number of para-hydroxylation sites is 1. The Labute approximate surface area is 120 Å². The number of carboxylic acid groups (broad SMARTS) is 1. The molecule has 1 aromatic rings. The average molecular weight is 277 g/mol. The van der Waals surface area contributed by atoms with Crippen LogP contribution in [0.1, 0.15) is 37.8 Å². The normalized spacial score (nSPS) is 16.0. The zero-order chi connectivity index (χ0) is 14.8. The van der Waals surface area contributed by atoms with E-state index in [1.165, 1.54) is 11.1 Å². The van der Waals surface area contributed by atoms with Crippen LogP contribution >= 0.6 is 0 Å². The van der Waals surface area contributed by atoms with Crippen LogP contribution in [0.15, 0.2) is 18.2 Å². The first-order valence-corrected chi connectivity index (χ1v) is 7.07. The van der Waals surface area contributed by atoms with Crippen LogP contribution in [0.5, 0.6) is 5.75 Å². The van der Waals surface area contributed by atoms with E-state index in [9.17, 15) is 4.79 Å². The lowest BCUT2D eigenvalue weighted by Gasteiger charge is -2.20. The fourth-order valence-corrected chi connectivity index (χ4v) is 2.67. The molecule has 0 aliphatic carbocycles. The Hall–Kier alpha value is -1.55. The largest absolute Gasteiger partial charge is 0.487 e. The number of nitrogens with zero attached hydrogens (tertiary/aromatic N) is 1. The minimum absolute atomic E-state index is 0.125. The van der Waals surface area contributed by atoms with Gasteiger partial charge >= 0.3 is 5.97 Å². The molecule has 0 radical (unpaired) electrons. The third-order valence-corrected chi connectivity index (χ3v) is 3.54. The molecule has 1 aliphatic heterocycles. The molecule has 4 nitrogen and oxygen atoms in total. The summed E-state index contributed by atoms with van der Waals surface area (Å²) < 4.78 is 6.05. The molecule has 0 saturated heterocycles. The van der Waals surface area contributed by atoms with Crippen molar-refractivity contribution in [2.75, 3.05) is 13.6 Å². The van der Waals surface area contributed by atoms with E-state index in [1.807, 2.05) is 7.05 Å². The van der Waals surface area contributed by atoms with Gasteiger partial charge in [0.05, 0.1) is 0 Å². The van der Waals surface area contributed by atoms with Gasteiger partial charge in [0.15, 0.2) is 0 Å². The summed E-state index contributed by atoms with van der Waals surface area (Å²) in [5.41, 5.74) is 2.33. The predicted molar refractivity (Wildman–Crippen MR) is 78.1 cm³/mol. The molecule has 0 spiro atoms. The van der Waals surface area contributed by atoms with Crippen LogP contribution in [0.25, 0.3) is 0 Å². The van der Waals surface area contributed by atoms with E-state index in [0.29, 0.717) is 6.42 Å². The molecule has 0 fully saturated rings. The van der Waals surface area contributed by atoms with E-state index in [4.69, 9.17) is 9.84 Å². The highest BCUT2D eigenvalue weighted by molar-refractivity contribution is 5.66. The molecule has 20 heavy (non-hydrogen) atoms. The van der Waals surface area contributed by atoms with Crippen molar-refractivity contribution in [3.05, 3.63) is 29.3 Å². The lowest BCUT2D eigenvalue weighted by Crippen LogP contribution is -2.25. The van der Waals surface area contributed by atoms with Gasteiger partial charge in [-0.25, -0.2) is 0 Å². The third kappa shape index (κ3) is 3.73. The fourth-order valence-electron chi connectivity index (χ4n) is 2.67. The number of carboxylic acids is 1. The summed E-state index contributed by atoms with van der Waals surface area (Å²) in [6, 6.07) is 6.29. The van der Waals surface area contributed by atoms with Crippen molar-refractivity contribution in [3.63, 3.8) is 0 Å². The van der Waals surface area contributed by atoms with Gasteiger partial charge in [-0.2, -0.15) is 0 Å². The average Bonchev–Trinajstić information content (AvgIpc) is 2.64. The van der Waals surface area contributed by atoms with Gasteiger partial charge in [0.2, 0.25) is 0 Å². The van der Waals surface area contributed by atoms with Gasteiger partial charge in [0.25, 0.3) is 0 Å². The Kier molecular flexibility index (Phi) is 4.33. The molecule has 1 aliphatic rings. The van der Waals surface area contributed by atoms with Gasteiger partial charge in [-0.3, -0.25) is 4.79 Å². The topological polar surface area (TPSA) is 49.8 Å². The van der Waals surface area contributed by atoms with E-state index >= 15 is 0 Å². The SMILES string of the molecule is CN(CCCC(=O)O)Cc1cccc2c1OC(C)(C)C2. The van der Waals surface area contributed by atoms with E-state index in [0.717, 1.165) is 25.3 Å². The molecule has 0 unspecified atom stereocenters. The highest BCUT2D eigenvalue weighted by Crippen LogP contribution is 2.37. The van der Waals surface area contributed by atoms with Gasteiger partial charge in [0.1, 0.15) is 11.4 Å². The van der Waals surface area contributed by atoms with Crippen molar-refractivity contribution >= 4 is 5.97 Å². The highest BCUT2D eigenvalue weighted by Gasteiger charge is 2.31. The van der Waals surface area contributed by atoms with Crippen molar-refractivity contribution < 1.29 is 14.6 Å². The number of hydrogen-bond acceptors (Lipinski definition) is 3. The summed E-state index contributed by atoms with van der Waals surface area (Å²) in [5, 5.41) is 8.66. The van der Waals surface area contributed by atoms with Crippen LogP contribution in [0.3, 0.4) is 0 Å². The molecule has 2 rings (SSSR count). The van der Waals surface area contributed by atoms with E-state index in [1.54, 1.807) is 0 Å². The quantitative estimate of drug-likeness (QED) is 0.868. The monoisotopic (exact) mass is 277 g/mol. The second kappa shape index (κ2) is 5.83. The molecule has 4 heteroatoms. The maximum absolute atomic E-state index is 10.5. The summed E-state index contributed by atoms with van der Waals surface area (Å²) in [4.78, 5) is 12.7. The van der Waals surface area contributed by atoms with Crippen LogP contribution in [-0.4, -0.2) is 35.2 Å². The van der Waals surface area contributed by atoms with Gasteiger partial charge in [-0.1, -0.05) is 18.2 Å². The molecule has 110 valence electrons. The molecular formula is C16H23NO3. The maximum Gasteiger partial charge on any atom is 0.303 e. The van der Waals surface area contributed by atoms with E-state index in [2.05, 4.69) is 36.9 Å². The van der Waals surface area contributed by atoms with Crippen molar-refractivity contribution in [2.24, 2.45) is 0 Å². The van der Waals surface area contributed by atoms with Gasteiger partial charge < -0.3 is 14.7 Å². The standard InChI is InChI=1S/C16H23NO3/c1-16(2)10-12-6-4-7-13(15(12)20-16)11-17(3)9-5-8-14(18)19/h4,6-7H,5,8-11H2,1-3H3,(H,18,19). The predicted octanol–water partition coefficient (Wildman–Crippen LogP) is 2.70. The Morgan fingerprint density at radius 2 is 2.20 bits per heavy atom. The molecule has 0 amide bonds. The molecule has 1 aromatic carbocycles. The first-order chi connectivity index (χ1) is 9.37. The van der Waals surface area contributed by atoms with Crippen LogP contribution in [-0.2, 0) is 17.8 Å². The molecule has 0 bridgehead atoms. The zero-order valence-corrected chi connectivity index (χ0v) is 12.5. The Morgan fingerprint density at radius 1 is 1.45 bits per heavy atom. The molecular weight excluding hydrogens is 254 g/mol. The Bertz CT molecular complexity index is 496. The minimum atomic E-state index is -0.732. The number of benzene rings is 1. The first kappa shape index (κ1) is 14.9. The maximum atomic E-state index is 10.5. The number of carbonyl (C=O) groups is 1. The first-order valence-electron chi connectivity index (χ1n) is 7.07. The van der Waals surface area contributed by atoms with Gasteiger partial charge in [-0.05, 0) is 39.4 Å². The van der Waals surface area contributed by atoms with E-state index < -0.39 is 5.97 Å². The van der Waals surface area contributed by atoms with Crippen molar-refractivity contribution in [3.8, 4) is 5.75 Å². The molecule has 0 saturated carbocycles. The summed E-state index contributed by atoms with van der Waals surface area (Å²) in [6.07, 6.45) is 1.84. The third-order valence-electron chi connectivity index (χ3n) is 3.54. The number of ether oxygens (including phenoxy) is 1. The summed E-state index contributed by atoms with van der Waals surface area (Å²) >= 11 is 0. The molecule has 1 heterocycles. The van der Waals surface area contributed by atoms with Crippen LogP contribution < -0.4 is 4.74 Å². The smallest absolute Gasteiger partial charge is 0.303 e. The number of hydrogen-bond donors (Lipinski definition) is 1. The second-order valence-electron chi connectivity index (χ2n) is 6.18. The van der Waals surface area contributed by atoms with Crippen molar-refractivity contribution in [1.29, 1.82) is 0 Å². The van der Waals surface area contributed by atoms with Gasteiger partial charge in [0, 0.05) is 24.9 Å². The molecule has 0 atom stereocenters.